The fraction of sp³-hybridized carbons (Fsp3) is 0.467. The molecule has 1 aliphatic heterocycles. The molecular formula is C15H19N3O3S3. The van der Waals surface area contributed by atoms with Crippen molar-refractivity contribution in [2.45, 2.75) is 37.6 Å². The zero-order chi connectivity index (χ0) is 17.2. The second kappa shape index (κ2) is 7.30. The number of carbonyl (C=O) groups is 1. The predicted octanol–water partition coefficient (Wildman–Crippen LogP) is 2.62. The number of thiophene rings is 1. The molecule has 0 aromatic carbocycles. The van der Waals surface area contributed by atoms with Crippen molar-refractivity contribution in [3.8, 4) is 0 Å². The Bertz CT molecular complexity index is 820. The highest BCUT2D eigenvalue weighted by molar-refractivity contribution is 7.89. The number of hydrogen-bond donors (Lipinski definition) is 1. The standard InChI is InChI=1S/C15H19N3O3S3/c1-11-10-23-13(17-11)9-16-15(19)14-12(5-8-22-14)24(20,21)18-6-3-2-4-7-18/h5,8,10H,2-4,6-7,9H2,1H3,(H,16,19). The Morgan fingerprint density at radius 3 is 2.71 bits per heavy atom. The van der Waals surface area contributed by atoms with Crippen molar-refractivity contribution >= 4 is 38.6 Å². The van der Waals surface area contributed by atoms with Crippen molar-refractivity contribution in [1.82, 2.24) is 14.6 Å². The summed E-state index contributed by atoms with van der Waals surface area (Å²) in [5, 5.41) is 7.14. The van der Waals surface area contributed by atoms with Crippen LogP contribution in [0, 0.1) is 6.92 Å². The Kier molecular flexibility index (Phi) is 5.33. The molecule has 1 N–H and O–H groups in total. The molecule has 130 valence electrons. The van der Waals surface area contributed by atoms with Crippen LogP contribution in [-0.4, -0.2) is 36.7 Å². The highest BCUT2D eigenvalue weighted by Gasteiger charge is 2.30. The SMILES string of the molecule is Cc1csc(CNC(=O)c2sccc2S(=O)(=O)N2CCCCC2)n1. The quantitative estimate of drug-likeness (QED) is 0.858. The third-order valence-corrected chi connectivity index (χ3v) is 7.78. The van der Waals surface area contributed by atoms with Crippen molar-refractivity contribution in [1.29, 1.82) is 0 Å². The molecule has 6 nitrogen and oxygen atoms in total. The van der Waals surface area contributed by atoms with Gasteiger partial charge >= 0.3 is 0 Å². The minimum absolute atomic E-state index is 0.113. The van der Waals surface area contributed by atoms with Crippen molar-refractivity contribution in [2.24, 2.45) is 0 Å². The van der Waals surface area contributed by atoms with E-state index in [1.165, 1.54) is 21.7 Å². The van der Waals surface area contributed by atoms with Crippen molar-refractivity contribution in [2.75, 3.05) is 13.1 Å². The lowest BCUT2D eigenvalue weighted by atomic mass is 10.2. The number of thiazole rings is 1. The smallest absolute Gasteiger partial charge is 0.263 e. The summed E-state index contributed by atoms with van der Waals surface area (Å²) in [5.74, 6) is -0.367. The molecule has 1 amide bonds. The number of hydrogen-bond acceptors (Lipinski definition) is 6. The maximum atomic E-state index is 12.8. The van der Waals surface area contributed by atoms with E-state index in [-0.39, 0.29) is 15.7 Å². The third kappa shape index (κ3) is 3.69. The first-order valence-electron chi connectivity index (χ1n) is 7.75. The van der Waals surface area contributed by atoms with E-state index in [4.69, 9.17) is 0 Å². The van der Waals surface area contributed by atoms with Gasteiger partial charge in [0.05, 0.1) is 6.54 Å². The molecule has 9 heteroatoms. The maximum Gasteiger partial charge on any atom is 0.263 e. The van der Waals surface area contributed by atoms with E-state index in [2.05, 4.69) is 10.3 Å². The number of aromatic nitrogens is 1. The minimum atomic E-state index is -3.60. The van der Waals surface area contributed by atoms with Gasteiger partial charge in [-0.05, 0) is 31.2 Å². The van der Waals surface area contributed by atoms with Crippen molar-refractivity contribution < 1.29 is 13.2 Å². The van der Waals surface area contributed by atoms with Crippen LogP contribution in [0.2, 0.25) is 0 Å². The summed E-state index contributed by atoms with van der Waals surface area (Å²) in [6, 6.07) is 1.52. The van der Waals surface area contributed by atoms with Crippen LogP contribution in [0.4, 0.5) is 0 Å². The normalized spacial score (nSPS) is 16.2. The van der Waals surface area contributed by atoms with Gasteiger partial charge in [-0.2, -0.15) is 4.31 Å². The summed E-state index contributed by atoms with van der Waals surface area (Å²) < 4.78 is 27.1. The molecule has 0 atom stereocenters. The summed E-state index contributed by atoms with van der Waals surface area (Å²) in [6.45, 7) is 3.25. The van der Waals surface area contributed by atoms with E-state index in [0.717, 1.165) is 41.3 Å². The lowest BCUT2D eigenvalue weighted by molar-refractivity contribution is 0.0951. The third-order valence-electron chi connectivity index (χ3n) is 3.83. The maximum absolute atomic E-state index is 12.8. The molecule has 24 heavy (non-hydrogen) atoms. The van der Waals surface area contributed by atoms with Crippen LogP contribution in [-0.2, 0) is 16.6 Å². The molecule has 2 aromatic heterocycles. The average molecular weight is 386 g/mol. The molecular weight excluding hydrogens is 366 g/mol. The Balaban J connectivity index is 1.75. The molecule has 2 aromatic rings. The first-order chi connectivity index (χ1) is 11.5. The van der Waals surface area contributed by atoms with Gasteiger partial charge in [0.1, 0.15) is 14.8 Å². The van der Waals surface area contributed by atoms with Crippen molar-refractivity contribution in [3.63, 3.8) is 0 Å². The Hall–Kier alpha value is -1.29. The van der Waals surface area contributed by atoms with Crippen LogP contribution in [0.1, 0.15) is 39.6 Å². The van der Waals surface area contributed by atoms with Gasteiger partial charge in [0.25, 0.3) is 5.91 Å². The molecule has 0 aliphatic carbocycles. The molecule has 1 saturated heterocycles. The zero-order valence-corrected chi connectivity index (χ0v) is 15.8. The molecule has 0 bridgehead atoms. The first kappa shape index (κ1) is 17.5. The molecule has 0 radical (unpaired) electrons. The molecule has 0 unspecified atom stereocenters. The van der Waals surface area contributed by atoms with Gasteiger partial charge in [0.2, 0.25) is 10.0 Å². The number of sulfonamides is 1. The molecule has 0 saturated carbocycles. The number of carbonyl (C=O) groups excluding carboxylic acids is 1. The van der Waals surface area contributed by atoms with Crippen molar-refractivity contribution in [3.05, 3.63) is 32.4 Å². The Morgan fingerprint density at radius 2 is 2.04 bits per heavy atom. The van der Waals surface area contributed by atoms with Crippen LogP contribution in [0.5, 0.6) is 0 Å². The lowest BCUT2D eigenvalue weighted by Crippen LogP contribution is -2.36. The number of piperidine rings is 1. The lowest BCUT2D eigenvalue weighted by Gasteiger charge is -2.25. The van der Waals surface area contributed by atoms with Gasteiger partial charge in [-0.3, -0.25) is 4.79 Å². The Morgan fingerprint density at radius 1 is 1.29 bits per heavy atom. The van der Waals surface area contributed by atoms with Gasteiger partial charge < -0.3 is 5.32 Å². The molecule has 1 aliphatic rings. The van der Waals surface area contributed by atoms with E-state index in [1.807, 2.05) is 12.3 Å². The highest BCUT2D eigenvalue weighted by atomic mass is 32.2. The van der Waals surface area contributed by atoms with Gasteiger partial charge in [0, 0.05) is 24.2 Å². The number of rotatable bonds is 5. The van der Waals surface area contributed by atoms with E-state index < -0.39 is 10.0 Å². The van der Waals surface area contributed by atoms with E-state index in [0.29, 0.717) is 19.6 Å². The summed E-state index contributed by atoms with van der Waals surface area (Å²) >= 11 is 2.63. The van der Waals surface area contributed by atoms with Crippen LogP contribution >= 0.6 is 22.7 Å². The van der Waals surface area contributed by atoms with E-state index in [9.17, 15) is 13.2 Å². The van der Waals surface area contributed by atoms with E-state index in [1.54, 1.807) is 5.38 Å². The number of nitrogens with zero attached hydrogens (tertiary/aromatic N) is 2. The van der Waals surface area contributed by atoms with Gasteiger partial charge in [-0.15, -0.1) is 22.7 Å². The van der Waals surface area contributed by atoms with Gasteiger partial charge in [-0.1, -0.05) is 6.42 Å². The van der Waals surface area contributed by atoms with Gasteiger partial charge in [0.15, 0.2) is 0 Å². The zero-order valence-electron chi connectivity index (χ0n) is 13.3. The summed E-state index contributed by atoms with van der Waals surface area (Å²) in [6.07, 6.45) is 2.79. The van der Waals surface area contributed by atoms with Gasteiger partial charge in [-0.25, -0.2) is 13.4 Å². The largest absolute Gasteiger partial charge is 0.345 e. The summed E-state index contributed by atoms with van der Waals surface area (Å²) in [7, 11) is -3.60. The van der Waals surface area contributed by atoms with Crippen LogP contribution in [0.25, 0.3) is 0 Å². The summed E-state index contributed by atoms with van der Waals surface area (Å²) in [5.41, 5.74) is 0.911. The Labute approximate surface area is 149 Å². The number of aryl methyl sites for hydroxylation is 1. The molecule has 3 heterocycles. The van der Waals surface area contributed by atoms with Crippen LogP contribution < -0.4 is 5.32 Å². The fourth-order valence-corrected chi connectivity index (χ4v) is 6.18. The highest BCUT2D eigenvalue weighted by Crippen LogP contribution is 2.27. The molecule has 0 spiro atoms. The monoisotopic (exact) mass is 385 g/mol. The topological polar surface area (TPSA) is 79.4 Å². The summed E-state index contributed by atoms with van der Waals surface area (Å²) in [4.78, 5) is 17.1. The second-order valence-corrected chi connectivity index (χ2v) is 9.41. The predicted molar refractivity (Wildman–Crippen MR) is 95.0 cm³/mol. The minimum Gasteiger partial charge on any atom is -0.345 e. The van der Waals surface area contributed by atoms with E-state index >= 15 is 0 Å². The van der Waals surface area contributed by atoms with Crippen LogP contribution in [0.15, 0.2) is 21.7 Å². The molecule has 3 rings (SSSR count). The first-order valence-corrected chi connectivity index (χ1v) is 11.0. The fourth-order valence-electron chi connectivity index (χ4n) is 2.63. The second-order valence-electron chi connectivity index (χ2n) is 5.64. The number of amides is 1. The average Bonchev–Trinajstić information content (AvgIpc) is 3.23. The van der Waals surface area contributed by atoms with Crippen LogP contribution in [0.3, 0.4) is 0 Å². The number of nitrogens with one attached hydrogen (secondary N) is 1. The molecule has 1 fully saturated rings.